The van der Waals surface area contributed by atoms with E-state index in [1.165, 1.54) is 43.4 Å². The maximum Gasteiger partial charge on any atom is 0.255 e. The molecule has 19 heavy (non-hydrogen) atoms. The fourth-order valence-corrected chi connectivity index (χ4v) is 3.91. The van der Waals surface area contributed by atoms with E-state index >= 15 is 0 Å². The molecule has 0 N–H and O–H groups in total. The standard InChI is InChI=1S/C16H22ClNO/c17-11-13-10-12-6-4-5-9-15(12)18(16(13)19)14-7-2-1-3-8-14/h10,14H,1-9,11H2. The third-order valence-electron chi connectivity index (χ3n) is 4.70. The molecule has 1 heterocycles. The first kappa shape index (κ1) is 13.2. The second kappa shape index (κ2) is 5.70. The number of nitrogens with zero attached hydrogens (tertiary/aromatic N) is 1. The monoisotopic (exact) mass is 279 g/mol. The molecule has 0 radical (unpaired) electrons. The molecular weight excluding hydrogens is 258 g/mol. The Morgan fingerprint density at radius 3 is 2.58 bits per heavy atom. The molecule has 2 aliphatic rings. The summed E-state index contributed by atoms with van der Waals surface area (Å²) in [5.41, 5.74) is 3.68. The van der Waals surface area contributed by atoms with E-state index in [9.17, 15) is 4.79 Å². The van der Waals surface area contributed by atoms with Gasteiger partial charge in [0.1, 0.15) is 0 Å². The van der Waals surface area contributed by atoms with E-state index in [-0.39, 0.29) is 5.56 Å². The first-order valence-electron chi connectivity index (χ1n) is 7.63. The van der Waals surface area contributed by atoms with Crippen molar-refractivity contribution in [3.63, 3.8) is 0 Å². The van der Waals surface area contributed by atoms with Gasteiger partial charge < -0.3 is 4.57 Å². The molecule has 0 spiro atoms. The van der Waals surface area contributed by atoms with E-state index in [1.54, 1.807) is 0 Å². The molecule has 3 heteroatoms. The van der Waals surface area contributed by atoms with Gasteiger partial charge in [0.15, 0.2) is 0 Å². The lowest BCUT2D eigenvalue weighted by Gasteiger charge is -2.30. The lowest BCUT2D eigenvalue weighted by atomic mass is 9.90. The van der Waals surface area contributed by atoms with Gasteiger partial charge in [-0.2, -0.15) is 0 Å². The number of fused-ring (bicyclic) bond motifs is 1. The van der Waals surface area contributed by atoms with Gasteiger partial charge in [-0.05, 0) is 50.2 Å². The average molecular weight is 280 g/mol. The molecule has 0 unspecified atom stereocenters. The van der Waals surface area contributed by atoms with Gasteiger partial charge in [-0.1, -0.05) is 19.3 Å². The highest BCUT2D eigenvalue weighted by Crippen LogP contribution is 2.31. The third-order valence-corrected chi connectivity index (χ3v) is 4.98. The number of alkyl halides is 1. The largest absolute Gasteiger partial charge is 0.309 e. The van der Waals surface area contributed by atoms with Crippen molar-refractivity contribution in [2.45, 2.75) is 69.7 Å². The molecule has 1 aromatic heterocycles. The van der Waals surface area contributed by atoms with E-state index < -0.39 is 0 Å². The molecule has 1 saturated carbocycles. The van der Waals surface area contributed by atoms with E-state index in [0.29, 0.717) is 11.9 Å². The number of aryl methyl sites for hydroxylation is 1. The van der Waals surface area contributed by atoms with Gasteiger partial charge in [0, 0.05) is 17.3 Å². The lowest BCUT2D eigenvalue weighted by molar-refractivity contribution is 0.334. The molecule has 104 valence electrons. The van der Waals surface area contributed by atoms with Crippen LogP contribution in [0.4, 0.5) is 0 Å². The topological polar surface area (TPSA) is 22.0 Å². The summed E-state index contributed by atoms with van der Waals surface area (Å²) >= 11 is 5.97. The van der Waals surface area contributed by atoms with Crippen LogP contribution in [0.3, 0.4) is 0 Å². The average Bonchev–Trinajstić information content (AvgIpc) is 2.47. The van der Waals surface area contributed by atoms with Gasteiger partial charge in [0.25, 0.3) is 5.56 Å². The number of halogens is 1. The fourth-order valence-electron chi connectivity index (χ4n) is 3.71. The van der Waals surface area contributed by atoms with Crippen molar-refractivity contribution >= 4 is 11.6 Å². The van der Waals surface area contributed by atoms with E-state index in [1.807, 2.05) is 0 Å². The van der Waals surface area contributed by atoms with E-state index in [4.69, 9.17) is 11.6 Å². The maximum atomic E-state index is 12.6. The quantitative estimate of drug-likeness (QED) is 0.751. The minimum atomic E-state index is 0.183. The highest BCUT2D eigenvalue weighted by Gasteiger charge is 2.23. The summed E-state index contributed by atoms with van der Waals surface area (Å²) < 4.78 is 2.13. The Bertz CT molecular complexity index is 514. The van der Waals surface area contributed by atoms with Crippen LogP contribution in [-0.4, -0.2) is 4.57 Å². The van der Waals surface area contributed by atoms with E-state index in [0.717, 1.165) is 31.2 Å². The summed E-state index contributed by atoms with van der Waals surface area (Å²) in [6, 6.07) is 2.50. The van der Waals surface area contributed by atoms with Gasteiger partial charge >= 0.3 is 0 Å². The molecular formula is C16H22ClNO. The number of hydrogen-bond donors (Lipinski definition) is 0. The Hall–Kier alpha value is -0.760. The maximum absolute atomic E-state index is 12.6. The summed E-state index contributed by atoms with van der Waals surface area (Å²) in [4.78, 5) is 12.6. The highest BCUT2D eigenvalue weighted by molar-refractivity contribution is 6.17. The number of aromatic nitrogens is 1. The highest BCUT2D eigenvalue weighted by atomic mass is 35.5. The molecule has 2 nitrogen and oxygen atoms in total. The smallest absolute Gasteiger partial charge is 0.255 e. The first-order valence-corrected chi connectivity index (χ1v) is 8.17. The van der Waals surface area contributed by atoms with Crippen LogP contribution in [-0.2, 0) is 18.7 Å². The summed E-state index contributed by atoms with van der Waals surface area (Å²) in [6.45, 7) is 0. The second-order valence-corrected chi connectivity index (χ2v) is 6.22. The normalized spacial score (nSPS) is 20.3. The molecule has 0 amide bonds. The molecule has 2 aliphatic carbocycles. The molecule has 0 saturated heterocycles. The van der Waals surface area contributed by atoms with Crippen molar-refractivity contribution in [1.82, 2.24) is 4.57 Å². The minimum absolute atomic E-state index is 0.183. The second-order valence-electron chi connectivity index (χ2n) is 5.95. The van der Waals surface area contributed by atoms with Crippen LogP contribution in [0.1, 0.15) is 67.8 Å². The van der Waals surface area contributed by atoms with Crippen LogP contribution < -0.4 is 5.56 Å². The predicted molar refractivity (Wildman–Crippen MR) is 79.0 cm³/mol. The van der Waals surface area contributed by atoms with Crippen molar-refractivity contribution in [2.75, 3.05) is 0 Å². The van der Waals surface area contributed by atoms with Crippen LogP contribution in [0.15, 0.2) is 10.9 Å². The van der Waals surface area contributed by atoms with Gasteiger partial charge in [-0.3, -0.25) is 4.79 Å². The van der Waals surface area contributed by atoms with Crippen LogP contribution in [0.25, 0.3) is 0 Å². The number of hydrogen-bond acceptors (Lipinski definition) is 1. The van der Waals surface area contributed by atoms with Crippen molar-refractivity contribution in [2.24, 2.45) is 0 Å². The van der Waals surface area contributed by atoms with Crippen LogP contribution >= 0.6 is 11.6 Å². The zero-order chi connectivity index (χ0) is 13.2. The lowest BCUT2D eigenvalue weighted by Crippen LogP contribution is -2.33. The molecule has 1 fully saturated rings. The molecule has 0 aliphatic heterocycles. The fraction of sp³-hybridized carbons (Fsp3) is 0.688. The van der Waals surface area contributed by atoms with Crippen molar-refractivity contribution in [3.05, 3.63) is 33.2 Å². The van der Waals surface area contributed by atoms with Gasteiger partial charge in [-0.15, -0.1) is 11.6 Å². The van der Waals surface area contributed by atoms with Crippen LogP contribution in [0.2, 0.25) is 0 Å². The number of pyridine rings is 1. The Morgan fingerprint density at radius 1 is 1.11 bits per heavy atom. The zero-order valence-electron chi connectivity index (χ0n) is 11.5. The summed E-state index contributed by atoms with van der Waals surface area (Å²) in [7, 11) is 0. The van der Waals surface area contributed by atoms with Crippen molar-refractivity contribution < 1.29 is 0 Å². The summed E-state index contributed by atoms with van der Waals surface area (Å²) in [5, 5.41) is 0. The Kier molecular flexibility index (Phi) is 3.97. The first-order chi connectivity index (χ1) is 9.31. The van der Waals surface area contributed by atoms with E-state index in [2.05, 4.69) is 10.6 Å². The molecule has 0 atom stereocenters. The summed E-state index contributed by atoms with van der Waals surface area (Å²) in [6.07, 6.45) is 10.8. The third kappa shape index (κ3) is 2.47. The van der Waals surface area contributed by atoms with Gasteiger partial charge in [0.05, 0.1) is 5.88 Å². The zero-order valence-corrected chi connectivity index (χ0v) is 12.2. The van der Waals surface area contributed by atoms with Gasteiger partial charge in [0.2, 0.25) is 0 Å². The SMILES string of the molecule is O=c1c(CCl)cc2c(n1C1CCCCC1)CCCC2. The van der Waals surface area contributed by atoms with Crippen molar-refractivity contribution in [3.8, 4) is 0 Å². The number of rotatable bonds is 2. The van der Waals surface area contributed by atoms with Crippen LogP contribution in [0.5, 0.6) is 0 Å². The summed E-state index contributed by atoms with van der Waals surface area (Å²) in [5.74, 6) is 0.346. The van der Waals surface area contributed by atoms with Gasteiger partial charge in [-0.25, -0.2) is 0 Å². The Balaban J connectivity index is 2.11. The Morgan fingerprint density at radius 2 is 1.84 bits per heavy atom. The van der Waals surface area contributed by atoms with Crippen molar-refractivity contribution in [1.29, 1.82) is 0 Å². The molecule has 3 rings (SSSR count). The minimum Gasteiger partial charge on any atom is -0.309 e. The molecule has 0 aromatic carbocycles. The molecule has 1 aromatic rings. The molecule has 0 bridgehead atoms. The predicted octanol–water partition coefficient (Wildman–Crippen LogP) is 3.97. The van der Waals surface area contributed by atoms with Crippen LogP contribution in [0, 0.1) is 0 Å². The Labute approximate surface area is 119 Å².